The molecule has 3 aromatic rings. The van der Waals surface area contributed by atoms with Crippen LogP contribution in [0, 0.1) is 5.92 Å². The van der Waals surface area contributed by atoms with Crippen LogP contribution >= 0.6 is 0 Å². The number of hydrogen-bond acceptors (Lipinski definition) is 8. The molecular weight excluding hydrogens is 622 g/mol. The third-order valence-corrected chi connectivity index (χ3v) is 11.4. The lowest BCUT2D eigenvalue weighted by Gasteiger charge is -2.50. The van der Waals surface area contributed by atoms with Gasteiger partial charge in [0.25, 0.3) is 21.9 Å². The fourth-order valence-electron chi connectivity index (χ4n) is 8.95. The first-order valence-corrected chi connectivity index (χ1v) is 18.1. The van der Waals surface area contributed by atoms with E-state index in [0.29, 0.717) is 32.4 Å². The van der Waals surface area contributed by atoms with Crippen LogP contribution in [0.4, 0.5) is 0 Å². The Bertz CT molecular complexity index is 1900. The van der Waals surface area contributed by atoms with Gasteiger partial charge in [0.05, 0.1) is 12.2 Å². The van der Waals surface area contributed by atoms with Crippen LogP contribution in [-0.4, -0.2) is 102 Å². The summed E-state index contributed by atoms with van der Waals surface area (Å²) in [7, 11) is -2.17. The summed E-state index contributed by atoms with van der Waals surface area (Å²) in [6, 6.07) is 13.7. The minimum Gasteiger partial charge on any atom is -0.361 e. The highest BCUT2D eigenvalue weighted by Crippen LogP contribution is 2.49. The molecule has 1 aromatic heterocycles. The number of nitrogens with one attached hydrogen (secondary N) is 2. The number of H-pyrrole nitrogens is 1. The molecular formula is C34H39N5O7S. The zero-order valence-electron chi connectivity index (χ0n) is 26.6. The van der Waals surface area contributed by atoms with Gasteiger partial charge >= 0.3 is 0 Å². The monoisotopic (exact) mass is 661 g/mol. The molecule has 5 heterocycles. The van der Waals surface area contributed by atoms with Gasteiger partial charge in [-0.1, -0.05) is 42.5 Å². The molecule has 2 aromatic carbocycles. The van der Waals surface area contributed by atoms with Crippen LogP contribution in [0.2, 0.25) is 0 Å². The number of hydrogen-bond donors (Lipinski definition) is 2. The summed E-state index contributed by atoms with van der Waals surface area (Å²) in [5.41, 5.74) is 2.37. The number of aromatic amines is 1. The average molecular weight is 662 g/mol. The van der Waals surface area contributed by atoms with E-state index in [-0.39, 0.29) is 30.2 Å². The number of piperazine rings is 1. The number of piperidine rings is 1. The van der Waals surface area contributed by atoms with E-state index in [2.05, 4.69) is 33.5 Å². The number of aromatic nitrogens is 1. The standard InChI is InChI=1S/C34H39N5O7S/c1-33(36-30(40)22-16-24-23-11-7-12-25-29(23)21(18-35-25)17-26(24)37(2)19-22)32(42)39-27(15-20-9-5-4-6-10-20)31(41)38-14-8-13-28(38)34(39,45-33)46-47(3,43)44/h4-7,9-12,18,22,24,26-28,35H,8,13-17,19H2,1-3H3,(H,36,40)/t22-,24-,26-,27+,28+,33-,34-/m1/s1. The van der Waals surface area contributed by atoms with Gasteiger partial charge < -0.3 is 20.1 Å². The fraction of sp³-hybridized carbons (Fsp3) is 0.500. The van der Waals surface area contributed by atoms with Crippen molar-refractivity contribution in [1.82, 2.24) is 25.0 Å². The molecule has 4 fully saturated rings. The van der Waals surface area contributed by atoms with E-state index in [9.17, 15) is 22.8 Å². The zero-order chi connectivity index (χ0) is 32.9. The second-order valence-electron chi connectivity index (χ2n) is 13.9. The van der Waals surface area contributed by atoms with E-state index >= 15 is 0 Å². The smallest absolute Gasteiger partial charge is 0.294 e. The molecule has 47 heavy (non-hydrogen) atoms. The SMILES string of the molecule is CN1C[C@H](C(=O)N[C@]2(C)O[C@@]3(OS(C)(=O)=O)[C@@H]4CCCN4C(=O)[C@H](Cc4ccccc4)N3C2=O)C[C@@H]2c3cccc4[nH]cc(c34)C[C@H]21. The number of rotatable bonds is 6. The lowest BCUT2D eigenvalue weighted by molar-refractivity contribution is -0.297. The summed E-state index contributed by atoms with van der Waals surface area (Å²) in [5.74, 6) is -3.88. The number of nitrogens with zero attached hydrogens (tertiary/aromatic N) is 3. The van der Waals surface area contributed by atoms with E-state index in [1.54, 1.807) is 4.90 Å². The Morgan fingerprint density at radius 1 is 1.15 bits per heavy atom. The Morgan fingerprint density at radius 2 is 1.94 bits per heavy atom. The highest BCUT2D eigenvalue weighted by Gasteiger charge is 2.72. The highest BCUT2D eigenvalue weighted by molar-refractivity contribution is 7.86. The number of fused-ring (bicyclic) bond motifs is 5. The summed E-state index contributed by atoms with van der Waals surface area (Å²) in [4.78, 5) is 51.1. The topological polar surface area (TPSA) is 141 Å². The van der Waals surface area contributed by atoms with Gasteiger partial charge in [0.2, 0.25) is 17.5 Å². The molecule has 248 valence electrons. The van der Waals surface area contributed by atoms with Gasteiger partial charge in [-0.3, -0.25) is 24.0 Å². The fourth-order valence-corrected chi connectivity index (χ4v) is 9.61. The zero-order valence-corrected chi connectivity index (χ0v) is 27.5. The predicted octanol–water partition coefficient (Wildman–Crippen LogP) is 2.07. The Kier molecular flexibility index (Phi) is 6.90. The van der Waals surface area contributed by atoms with Crippen LogP contribution in [0.1, 0.15) is 48.8 Å². The summed E-state index contributed by atoms with van der Waals surface area (Å²) in [6.45, 7) is 2.29. The number of ether oxygens (including phenoxy) is 1. The number of amides is 3. The van der Waals surface area contributed by atoms with Crippen molar-refractivity contribution in [3.05, 3.63) is 71.4 Å². The Balaban J connectivity index is 1.13. The van der Waals surface area contributed by atoms with E-state index < -0.39 is 45.7 Å². The Labute approximate surface area is 273 Å². The maximum atomic E-state index is 14.6. The molecule has 0 spiro atoms. The Hall–Kier alpha value is -3.78. The summed E-state index contributed by atoms with van der Waals surface area (Å²) < 4.78 is 37.9. The first-order chi connectivity index (χ1) is 22.4. The molecule has 0 radical (unpaired) electrons. The van der Waals surface area contributed by atoms with Crippen LogP contribution in [0.25, 0.3) is 10.9 Å². The summed E-state index contributed by atoms with van der Waals surface area (Å²) in [6.07, 6.45) is 5.51. The second kappa shape index (κ2) is 10.6. The van der Waals surface area contributed by atoms with Crippen molar-refractivity contribution in [3.8, 4) is 0 Å². The third kappa shape index (κ3) is 4.73. The number of carbonyl (C=O) groups is 3. The maximum absolute atomic E-state index is 14.6. The first kappa shape index (κ1) is 30.5. The predicted molar refractivity (Wildman–Crippen MR) is 171 cm³/mol. The van der Waals surface area contributed by atoms with Gasteiger partial charge in [0.15, 0.2) is 0 Å². The van der Waals surface area contributed by atoms with Gasteiger partial charge in [-0.2, -0.15) is 8.42 Å². The van der Waals surface area contributed by atoms with E-state index in [1.807, 2.05) is 43.4 Å². The highest BCUT2D eigenvalue weighted by atomic mass is 32.2. The van der Waals surface area contributed by atoms with Crippen LogP contribution < -0.4 is 5.32 Å². The van der Waals surface area contributed by atoms with Crippen LogP contribution in [-0.2, 0) is 46.3 Å². The average Bonchev–Trinajstić information content (AvgIpc) is 3.73. The van der Waals surface area contributed by atoms with Crippen molar-refractivity contribution in [1.29, 1.82) is 0 Å². The molecule has 12 nitrogen and oxygen atoms in total. The lowest BCUT2D eigenvalue weighted by Crippen LogP contribution is -2.72. The van der Waals surface area contributed by atoms with Gasteiger partial charge in [0, 0.05) is 48.6 Å². The van der Waals surface area contributed by atoms with Gasteiger partial charge in [0.1, 0.15) is 12.1 Å². The summed E-state index contributed by atoms with van der Waals surface area (Å²) >= 11 is 0. The van der Waals surface area contributed by atoms with Crippen LogP contribution in [0.15, 0.2) is 54.7 Å². The molecule has 0 bridgehead atoms. The van der Waals surface area contributed by atoms with Crippen molar-refractivity contribution in [2.24, 2.45) is 5.92 Å². The minimum absolute atomic E-state index is 0.107. The quantitative estimate of drug-likeness (QED) is 0.383. The third-order valence-electron chi connectivity index (χ3n) is 10.9. The van der Waals surface area contributed by atoms with E-state index in [4.69, 9.17) is 8.92 Å². The molecule has 1 aliphatic carbocycles. The van der Waals surface area contributed by atoms with Crippen molar-refractivity contribution in [3.63, 3.8) is 0 Å². The maximum Gasteiger partial charge on any atom is 0.294 e. The van der Waals surface area contributed by atoms with Crippen LogP contribution in [0.3, 0.4) is 0 Å². The van der Waals surface area contributed by atoms with Crippen molar-refractivity contribution in [2.45, 2.75) is 74.7 Å². The lowest BCUT2D eigenvalue weighted by atomic mass is 9.72. The van der Waals surface area contributed by atoms with E-state index in [0.717, 1.165) is 28.7 Å². The molecule has 4 saturated heterocycles. The minimum atomic E-state index is -4.20. The largest absolute Gasteiger partial charge is 0.361 e. The molecule has 8 rings (SSSR count). The van der Waals surface area contributed by atoms with Gasteiger partial charge in [-0.25, -0.2) is 4.18 Å². The number of likely N-dealkylation sites (N-methyl/N-ethyl adjacent to an activating group) is 1. The van der Waals surface area contributed by atoms with Crippen molar-refractivity contribution in [2.75, 3.05) is 26.4 Å². The van der Waals surface area contributed by atoms with Crippen molar-refractivity contribution >= 4 is 38.7 Å². The molecule has 0 unspecified atom stereocenters. The normalized spacial score (nSPS) is 33.6. The van der Waals surface area contributed by atoms with E-state index in [1.165, 1.54) is 23.4 Å². The molecule has 5 aliphatic rings. The molecule has 7 atom stereocenters. The first-order valence-electron chi connectivity index (χ1n) is 16.3. The number of likely N-dealkylation sites (tertiary alicyclic amines) is 1. The number of carbonyl (C=O) groups excluding carboxylic acids is 3. The van der Waals surface area contributed by atoms with Gasteiger partial charge in [-0.05, 0) is 62.4 Å². The molecule has 0 saturated carbocycles. The molecule has 3 amide bonds. The summed E-state index contributed by atoms with van der Waals surface area (Å²) in [5, 5.41) is 4.10. The Morgan fingerprint density at radius 3 is 2.70 bits per heavy atom. The van der Waals surface area contributed by atoms with Crippen molar-refractivity contribution < 1.29 is 31.7 Å². The van der Waals surface area contributed by atoms with Crippen LogP contribution in [0.5, 0.6) is 0 Å². The number of benzene rings is 2. The molecule has 13 heteroatoms. The molecule has 2 N–H and O–H groups in total. The van der Waals surface area contributed by atoms with Gasteiger partial charge in [-0.15, -0.1) is 0 Å². The molecule has 4 aliphatic heterocycles. The second-order valence-corrected chi connectivity index (χ2v) is 15.5.